The maximum absolute atomic E-state index is 13.2. The molecule has 4 heteroatoms. The third-order valence-corrected chi connectivity index (χ3v) is 4.25. The van der Waals surface area contributed by atoms with Crippen LogP contribution in [0.15, 0.2) is 18.2 Å². The zero-order valence-electron chi connectivity index (χ0n) is 10.8. The average molecular weight is 250 g/mol. The molecule has 1 aromatic carbocycles. The van der Waals surface area contributed by atoms with Gasteiger partial charge in [-0.1, -0.05) is 0 Å². The second kappa shape index (κ2) is 3.93. The number of benzene rings is 1. The topological polar surface area (TPSA) is 38.5 Å². The van der Waals surface area contributed by atoms with Crippen molar-refractivity contribution in [1.82, 2.24) is 4.90 Å². The van der Waals surface area contributed by atoms with Crippen LogP contribution in [0.4, 0.5) is 4.39 Å². The summed E-state index contributed by atoms with van der Waals surface area (Å²) in [4.78, 5) is 2.29. The summed E-state index contributed by atoms with van der Waals surface area (Å²) in [7, 11) is 2.11. The first kappa shape index (κ1) is 11.9. The minimum absolute atomic E-state index is 0.136. The van der Waals surface area contributed by atoms with Crippen LogP contribution in [0.1, 0.15) is 31.4 Å². The number of hydrogen-bond acceptors (Lipinski definition) is 3. The lowest BCUT2D eigenvalue weighted by molar-refractivity contribution is 0.0461. The number of nitrogens with two attached hydrogens (primary N) is 1. The highest BCUT2D eigenvalue weighted by atomic mass is 19.1. The lowest BCUT2D eigenvalue weighted by Crippen LogP contribution is -2.44. The van der Waals surface area contributed by atoms with E-state index in [-0.39, 0.29) is 17.5 Å². The molecular weight excluding hydrogens is 231 g/mol. The van der Waals surface area contributed by atoms with Crippen LogP contribution in [0.25, 0.3) is 0 Å². The van der Waals surface area contributed by atoms with E-state index < -0.39 is 0 Å². The number of ether oxygens (including phenoxy) is 1. The summed E-state index contributed by atoms with van der Waals surface area (Å²) in [5.41, 5.74) is 6.79. The molecule has 0 aromatic heterocycles. The highest BCUT2D eigenvalue weighted by Crippen LogP contribution is 2.44. The standard InChI is InChI=1S/C14H19FN2O/c1-9-6-14(8-17(9)2)7-12(16)11-5-10(15)3-4-13(11)18-14/h3-5,9,12H,6-8,16H2,1-2H3/t9?,12-,14?/m0/s1. The highest BCUT2D eigenvalue weighted by molar-refractivity contribution is 5.39. The van der Waals surface area contributed by atoms with Crippen molar-refractivity contribution in [1.29, 1.82) is 0 Å². The van der Waals surface area contributed by atoms with Crippen LogP contribution in [0.5, 0.6) is 5.75 Å². The van der Waals surface area contributed by atoms with Crippen molar-refractivity contribution in [3.63, 3.8) is 0 Å². The molecule has 0 amide bonds. The molecule has 3 atom stereocenters. The quantitative estimate of drug-likeness (QED) is 0.766. The zero-order valence-corrected chi connectivity index (χ0v) is 10.8. The molecule has 3 nitrogen and oxygen atoms in total. The smallest absolute Gasteiger partial charge is 0.125 e. The van der Waals surface area contributed by atoms with Gasteiger partial charge in [-0.15, -0.1) is 0 Å². The van der Waals surface area contributed by atoms with Crippen molar-refractivity contribution in [2.75, 3.05) is 13.6 Å². The van der Waals surface area contributed by atoms with Gasteiger partial charge in [0.25, 0.3) is 0 Å². The third kappa shape index (κ3) is 1.80. The molecule has 2 N–H and O–H groups in total. The number of fused-ring (bicyclic) bond motifs is 1. The molecule has 1 spiro atoms. The van der Waals surface area contributed by atoms with Gasteiger partial charge in [-0.25, -0.2) is 4.39 Å². The first-order valence-electron chi connectivity index (χ1n) is 6.43. The predicted molar refractivity (Wildman–Crippen MR) is 68.0 cm³/mol. The van der Waals surface area contributed by atoms with E-state index >= 15 is 0 Å². The van der Waals surface area contributed by atoms with Crippen LogP contribution < -0.4 is 10.5 Å². The normalized spacial score (nSPS) is 35.6. The first-order valence-corrected chi connectivity index (χ1v) is 6.43. The number of rotatable bonds is 0. The molecule has 0 radical (unpaired) electrons. The van der Waals surface area contributed by atoms with Crippen molar-refractivity contribution >= 4 is 0 Å². The van der Waals surface area contributed by atoms with E-state index in [1.165, 1.54) is 12.1 Å². The van der Waals surface area contributed by atoms with Gasteiger partial charge >= 0.3 is 0 Å². The summed E-state index contributed by atoms with van der Waals surface area (Å²) in [6.45, 7) is 3.09. The van der Waals surface area contributed by atoms with Crippen LogP contribution in [-0.2, 0) is 0 Å². The molecule has 2 aliphatic rings. The highest BCUT2D eigenvalue weighted by Gasteiger charge is 2.46. The Balaban J connectivity index is 1.95. The van der Waals surface area contributed by atoms with Crippen molar-refractivity contribution in [2.24, 2.45) is 5.73 Å². The maximum Gasteiger partial charge on any atom is 0.125 e. The molecular formula is C14H19FN2O. The number of hydrogen-bond donors (Lipinski definition) is 1. The van der Waals surface area contributed by atoms with E-state index in [4.69, 9.17) is 10.5 Å². The Morgan fingerprint density at radius 1 is 1.44 bits per heavy atom. The summed E-state index contributed by atoms with van der Waals surface area (Å²) in [5.74, 6) is 0.498. The van der Waals surface area contributed by atoms with Gasteiger partial charge in [0.15, 0.2) is 0 Å². The Morgan fingerprint density at radius 2 is 2.22 bits per heavy atom. The van der Waals surface area contributed by atoms with E-state index in [1.807, 2.05) is 0 Å². The predicted octanol–water partition coefficient (Wildman–Crippen LogP) is 2.07. The fraction of sp³-hybridized carbons (Fsp3) is 0.571. The van der Waals surface area contributed by atoms with Crippen molar-refractivity contribution < 1.29 is 9.13 Å². The molecule has 1 fully saturated rings. The molecule has 98 valence electrons. The Hall–Kier alpha value is -1.13. The average Bonchev–Trinajstić information content (AvgIpc) is 2.55. The van der Waals surface area contributed by atoms with Gasteiger partial charge in [0.2, 0.25) is 0 Å². The van der Waals surface area contributed by atoms with Crippen molar-refractivity contribution in [2.45, 2.75) is 37.5 Å². The minimum Gasteiger partial charge on any atom is -0.485 e. The number of nitrogens with zero attached hydrogens (tertiary/aromatic N) is 1. The summed E-state index contributed by atoms with van der Waals surface area (Å²) in [6, 6.07) is 5.00. The van der Waals surface area contributed by atoms with E-state index in [9.17, 15) is 4.39 Å². The van der Waals surface area contributed by atoms with E-state index in [2.05, 4.69) is 18.9 Å². The van der Waals surface area contributed by atoms with E-state index in [0.29, 0.717) is 6.04 Å². The van der Waals surface area contributed by atoms with Gasteiger partial charge < -0.3 is 10.5 Å². The molecule has 2 aliphatic heterocycles. The summed E-state index contributed by atoms with van der Waals surface area (Å²) >= 11 is 0. The van der Waals surface area contributed by atoms with Crippen LogP contribution in [0.3, 0.4) is 0 Å². The third-order valence-electron chi connectivity index (χ3n) is 4.25. The second-order valence-corrected chi connectivity index (χ2v) is 5.75. The van der Waals surface area contributed by atoms with Gasteiger partial charge in [0.1, 0.15) is 17.2 Å². The van der Waals surface area contributed by atoms with Crippen molar-refractivity contribution in [3.05, 3.63) is 29.6 Å². The molecule has 2 heterocycles. The lowest BCUT2D eigenvalue weighted by atomic mass is 9.86. The number of halogens is 1. The summed E-state index contributed by atoms with van der Waals surface area (Å²) in [6.07, 6.45) is 1.74. The van der Waals surface area contributed by atoms with Crippen LogP contribution in [0, 0.1) is 5.82 Å². The zero-order chi connectivity index (χ0) is 12.9. The Kier molecular flexibility index (Phi) is 2.61. The van der Waals surface area contributed by atoms with Crippen LogP contribution >= 0.6 is 0 Å². The minimum atomic E-state index is -0.249. The molecule has 1 aromatic rings. The van der Waals surface area contributed by atoms with E-state index in [0.717, 1.165) is 30.7 Å². The maximum atomic E-state index is 13.2. The summed E-state index contributed by atoms with van der Waals surface area (Å²) < 4.78 is 19.4. The molecule has 2 unspecified atom stereocenters. The Morgan fingerprint density at radius 3 is 2.89 bits per heavy atom. The number of likely N-dealkylation sites (tertiary alicyclic amines) is 1. The SMILES string of the molecule is CC1CC2(C[C@H](N)c3cc(F)ccc3O2)CN1C. The molecule has 0 bridgehead atoms. The molecule has 3 rings (SSSR count). The van der Waals surface area contributed by atoms with Gasteiger partial charge in [-0.05, 0) is 32.2 Å². The van der Waals surface area contributed by atoms with Crippen molar-refractivity contribution in [3.8, 4) is 5.75 Å². The molecule has 0 saturated carbocycles. The Bertz CT molecular complexity index is 467. The first-order chi connectivity index (χ1) is 8.49. The Labute approximate surface area is 107 Å². The fourth-order valence-electron chi connectivity index (χ4n) is 3.28. The van der Waals surface area contributed by atoms with Gasteiger partial charge in [0, 0.05) is 37.0 Å². The summed E-state index contributed by atoms with van der Waals surface area (Å²) in [5, 5.41) is 0. The molecule has 0 aliphatic carbocycles. The monoisotopic (exact) mass is 250 g/mol. The largest absolute Gasteiger partial charge is 0.485 e. The van der Waals surface area contributed by atoms with Gasteiger partial charge in [-0.2, -0.15) is 0 Å². The fourth-order valence-corrected chi connectivity index (χ4v) is 3.28. The number of likely N-dealkylation sites (N-methyl/N-ethyl adjacent to an activating group) is 1. The van der Waals surface area contributed by atoms with Gasteiger partial charge in [-0.3, -0.25) is 4.90 Å². The van der Waals surface area contributed by atoms with Crippen LogP contribution in [-0.4, -0.2) is 30.1 Å². The second-order valence-electron chi connectivity index (χ2n) is 5.75. The molecule has 18 heavy (non-hydrogen) atoms. The van der Waals surface area contributed by atoms with Crippen LogP contribution in [0.2, 0.25) is 0 Å². The molecule has 1 saturated heterocycles. The van der Waals surface area contributed by atoms with E-state index in [1.54, 1.807) is 6.07 Å². The van der Waals surface area contributed by atoms with Gasteiger partial charge in [0.05, 0.1) is 0 Å². The lowest BCUT2D eigenvalue weighted by Gasteiger charge is -2.38.